The van der Waals surface area contributed by atoms with E-state index in [0.29, 0.717) is 0 Å². The summed E-state index contributed by atoms with van der Waals surface area (Å²) in [4.78, 5) is 11.0. The highest BCUT2D eigenvalue weighted by Gasteiger charge is 2.44. The lowest BCUT2D eigenvalue weighted by atomic mass is 10.2. The Labute approximate surface area is 103 Å². The molecule has 2 rings (SSSR count). The average molecular weight is 275 g/mol. The zero-order chi connectivity index (χ0) is 13.5. The number of aliphatic hydroxyl groups excluding tert-OH is 1. The Balaban J connectivity index is 2.41. The summed E-state index contributed by atoms with van der Waals surface area (Å²) in [6.07, 6.45) is 0.246. The molecule has 8 nitrogen and oxygen atoms in total. The number of carbonyl (C=O) groups is 1. The molecule has 1 aliphatic heterocycles. The van der Waals surface area contributed by atoms with Gasteiger partial charge in [-0.05, 0) is 6.07 Å². The van der Waals surface area contributed by atoms with Crippen LogP contribution in [0.5, 0.6) is 0 Å². The van der Waals surface area contributed by atoms with Crippen LogP contribution in [0.3, 0.4) is 0 Å². The zero-order valence-corrected chi connectivity index (χ0v) is 10.4. The van der Waals surface area contributed by atoms with Crippen molar-refractivity contribution in [1.29, 1.82) is 0 Å². The van der Waals surface area contributed by atoms with Crippen LogP contribution in [0.4, 0.5) is 0 Å². The molecule has 1 fully saturated rings. The maximum atomic E-state index is 12.3. The average Bonchev–Trinajstić information content (AvgIpc) is 2.84. The molecule has 0 amide bonds. The summed E-state index contributed by atoms with van der Waals surface area (Å²) in [5, 5.41) is 22.1. The number of rotatable bonds is 3. The molecule has 1 aromatic heterocycles. The molecule has 0 radical (unpaired) electrons. The van der Waals surface area contributed by atoms with E-state index in [0.717, 1.165) is 8.99 Å². The lowest BCUT2D eigenvalue weighted by Crippen LogP contribution is -2.41. The third kappa shape index (κ3) is 2.00. The maximum Gasteiger partial charge on any atom is 0.322 e. The minimum Gasteiger partial charge on any atom is -0.480 e. The number of nitrogens with zero attached hydrogens (tertiary/aromatic N) is 3. The SMILES string of the molecule is Cn1nccc1S(=O)(=O)N1C[C@@H](O)C[C@H]1C(=O)O. The molecule has 0 saturated carbocycles. The minimum atomic E-state index is -3.96. The number of aliphatic hydroxyl groups is 1. The second-order valence-electron chi connectivity index (χ2n) is 4.11. The van der Waals surface area contributed by atoms with Crippen LogP contribution in [-0.4, -0.2) is 57.4 Å². The van der Waals surface area contributed by atoms with Crippen LogP contribution < -0.4 is 0 Å². The molecule has 0 aromatic carbocycles. The Morgan fingerprint density at radius 2 is 2.22 bits per heavy atom. The molecule has 0 spiro atoms. The Kier molecular flexibility index (Phi) is 3.13. The number of hydrogen-bond donors (Lipinski definition) is 2. The number of sulfonamides is 1. The van der Waals surface area contributed by atoms with Crippen molar-refractivity contribution in [3.05, 3.63) is 12.3 Å². The van der Waals surface area contributed by atoms with E-state index in [-0.39, 0.29) is 18.0 Å². The summed E-state index contributed by atoms with van der Waals surface area (Å²) in [6, 6.07) is 0.0544. The van der Waals surface area contributed by atoms with Gasteiger partial charge in [0.05, 0.1) is 12.3 Å². The summed E-state index contributed by atoms with van der Waals surface area (Å²) >= 11 is 0. The first kappa shape index (κ1) is 13.0. The number of hydrogen-bond acceptors (Lipinski definition) is 5. The molecule has 0 aliphatic carbocycles. The van der Waals surface area contributed by atoms with Gasteiger partial charge in [-0.25, -0.2) is 8.42 Å². The van der Waals surface area contributed by atoms with Crippen molar-refractivity contribution in [2.24, 2.45) is 7.05 Å². The van der Waals surface area contributed by atoms with Crippen molar-refractivity contribution < 1.29 is 23.4 Å². The molecule has 1 saturated heterocycles. The normalized spacial score (nSPS) is 25.4. The van der Waals surface area contributed by atoms with E-state index < -0.39 is 28.1 Å². The van der Waals surface area contributed by atoms with Crippen LogP contribution in [-0.2, 0) is 21.9 Å². The van der Waals surface area contributed by atoms with Gasteiger partial charge in [-0.15, -0.1) is 0 Å². The van der Waals surface area contributed by atoms with Gasteiger partial charge in [0.2, 0.25) is 0 Å². The Morgan fingerprint density at radius 1 is 1.56 bits per heavy atom. The fraction of sp³-hybridized carbons (Fsp3) is 0.556. The first-order valence-corrected chi connectivity index (χ1v) is 6.68. The smallest absolute Gasteiger partial charge is 0.322 e. The third-order valence-corrected chi connectivity index (χ3v) is 4.82. The maximum absolute atomic E-state index is 12.3. The molecule has 2 heterocycles. The quantitative estimate of drug-likeness (QED) is 0.703. The molecule has 2 N–H and O–H groups in total. The lowest BCUT2D eigenvalue weighted by Gasteiger charge is -2.20. The topological polar surface area (TPSA) is 113 Å². The molecular formula is C9H13N3O5S. The fourth-order valence-corrected chi connectivity index (χ4v) is 3.74. The van der Waals surface area contributed by atoms with E-state index in [1.54, 1.807) is 0 Å². The van der Waals surface area contributed by atoms with Crippen LogP contribution in [0, 0.1) is 0 Å². The van der Waals surface area contributed by atoms with Gasteiger partial charge in [0.15, 0.2) is 5.03 Å². The minimum absolute atomic E-state index is 0.0946. The van der Waals surface area contributed by atoms with Gasteiger partial charge in [0.25, 0.3) is 10.0 Å². The van der Waals surface area contributed by atoms with Gasteiger partial charge in [-0.2, -0.15) is 9.40 Å². The summed E-state index contributed by atoms with van der Waals surface area (Å²) in [5.74, 6) is -1.27. The van der Waals surface area contributed by atoms with E-state index in [4.69, 9.17) is 5.11 Å². The second kappa shape index (κ2) is 4.34. The van der Waals surface area contributed by atoms with Crippen molar-refractivity contribution >= 4 is 16.0 Å². The molecule has 0 bridgehead atoms. The predicted molar refractivity (Wildman–Crippen MR) is 59.1 cm³/mol. The van der Waals surface area contributed by atoms with Crippen LogP contribution in [0.15, 0.2) is 17.3 Å². The van der Waals surface area contributed by atoms with Crippen LogP contribution >= 0.6 is 0 Å². The van der Waals surface area contributed by atoms with Crippen molar-refractivity contribution in [1.82, 2.24) is 14.1 Å². The van der Waals surface area contributed by atoms with Crippen molar-refractivity contribution in [3.8, 4) is 0 Å². The largest absolute Gasteiger partial charge is 0.480 e. The zero-order valence-electron chi connectivity index (χ0n) is 9.59. The Bertz CT molecular complexity index is 567. The molecule has 2 atom stereocenters. The molecular weight excluding hydrogens is 262 g/mol. The molecule has 9 heteroatoms. The van der Waals surface area contributed by atoms with E-state index in [1.807, 2.05) is 0 Å². The highest BCUT2D eigenvalue weighted by Crippen LogP contribution is 2.26. The fourth-order valence-electron chi connectivity index (χ4n) is 2.01. The number of aliphatic carboxylic acids is 1. The highest BCUT2D eigenvalue weighted by atomic mass is 32.2. The van der Waals surface area contributed by atoms with Gasteiger partial charge in [0.1, 0.15) is 6.04 Å². The number of carboxylic acid groups (broad SMARTS) is 1. The summed E-state index contributed by atoms with van der Waals surface area (Å²) in [6.45, 7) is -0.218. The number of carboxylic acids is 1. The predicted octanol–water partition coefficient (Wildman–Crippen LogP) is -1.37. The van der Waals surface area contributed by atoms with Crippen LogP contribution in [0.1, 0.15) is 6.42 Å². The number of aromatic nitrogens is 2. The van der Waals surface area contributed by atoms with Gasteiger partial charge in [0, 0.05) is 20.0 Å². The van der Waals surface area contributed by atoms with Crippen molar-refractivity contribution in [3.63, 3.8) is 0 Å². The van der Waals surface area contributed by atoms with Gasteiger partial charge < -0.3 is 10.2 Å². The lowest BCUT2D eigenvalue weighted by molar-refractivity contribution is -0.140. The van der Waals surface area contributed by atoms with Crippen LogP contribution in [0.2, 0.25) is 0 Å². The molecule has 100 valence electrons. The van der Waals surface area contributed by atoms with Crippen LogP contribution in [0.25, 0.3) is 0 Å². The van der Waals surface area contributed by atoms with E-state index in [9.17, 15) is 18.3 Å². The molecule has 1 aliphatic rings. The first-order chi connectivity index (χ1) is 8.34. The summed E-state index contributed by atoms with van der Waals surface area (Å²) in [5.41, 5.74) is 0. The molecule has 18 heavy (non-hydrogen) atoms. The third-order valence-electron chi connectivity index (χ3n) is 2.87. The van der Waals surface area contributed by atoms with Crippen molar-refractivity contribution in [2.75, 3.05) is 6.54 Å². The standard InChI is InChI=1S/C9H13N3O5S/c1-11-8(2-3-10-11)18(16,17)12-5-6(13)4-7(12)9(14)15/h2-3,6-7,13H,4-5H2,1H3,(H,14,15)/t6-,7-/m0/s1. The van der Waals surface area contributed by atoms with E-state index in [1.165, 1.54) is 19.3 Å². The second-order valence-corrected chi connectivity index (χ2v) is 5.95. The number of β-amino-alcohol motifs (C(OH)–C–C–N with tert-alkyl or cyclic N) is 1. The molecule has 0 unspecified atom stereocenters. The van der Waals surface area contributed by atoms with E-state index >= 15 is 0 Å². The highest BCUT2D eigenvalue weighted by molar-refractivity contribution is 7.89. The first-order valence-electron chi connectivity index (χ1n) is 5.24. The number of aryl methyl sites for hydroxylation is 1. The Hall–Kier alpha value is -1.45. The summed E-state index contributed by atoms with van der Waals surface area (Å²) < 4.78 is 26.5. The monoisotopic (exact) mass is 275 g/mol. The molecule has 1 aromatic rings. The summed E-state index contributed by atoms with van der Waals surface area (Å²) in [7, 11) is -2.51. The Morgan fingerprint density at radius 3 is 2.72 bits per heavy atom. The van der Waals surface area contributed by atoms with Gasteiger partial charge in [-0.1, -0.05) is 0 Å². The van der Waals surface area contributed by atoms with Crippen molar-refractivity contribution in [2.45, 2.75) is 23.6 Å². The van der Waals surface area contributed by atoms with E-state index in [2.05, 4.69) is 5.10 Å². The van der Waals surface area contributed by atoms with Gasteiger partial charge in [-0.3, -0.25) is 9.48 Å². The van der Waals surface area contributed by atoms with Gasteiger partial charge >= 0.3 is 5.97 Å².